The highest BCUT2D eigenvalue weighted by molar-refractivity contribution is 5.17. The number of benzene rings is 1. The van der Waals surface area contributed by atoms with Crippen LogP contribution < -0.4 is 5.32 Å². The Morgan fingerprint density at radius 1 is 1.26 bits per heavy atom. The number of hydrogen-bond acceptors (Lipinski definition) is 3. The molecule has 0 radical (unpaired) electrons. The van der Waals surface area contributed by atoms with Gasteiger partial charge in [-0.2, -0.15) is 0 Å². The van der Waals surface area contributed by atoms with Gasteiger partial charge in [0.1, 0.15) is 0 Å². The van der Waals surface area contributed by atoms with Crippen LogP contribution in [0.5, 0.6) is 0 Å². The van der Waals surface area contributed by atoms with Crippen molar-refractivity contribution in [1.29, 1.82) is 0 Å². The standard InChI is InChI=1S/C16H22N2O/c1-2-4-14(5-3-1)13-18-9-6-15(7-10-18)16-12-17-8-11-19-16/h1-6,16-17H,7-13H2/t16-/m0/s1. The Kier molecular flexibility index (Phi) is 4.28. The highest BCUT2D eigenvalue weighted by Gasteiger charge is 2.21. The van der Waals surface area contributed by atoms with Crippen molar-refractivity contribution in [3.63, 3.8) is 0 Å². The minimum Gasteiger partial charge on any atom is -0.371 e. The Morgan fingerprint density at radius 3 is 2.84 bits per heavy atom. The lowest BCUT2D eigenvalue weighted by Gasteiger charge is -2.32. The number of nitrogens with zero attached hydrogens (tertiary/aromatic N) is 1. The van der Waals surface area contributed by atoms with E-state index in [9.17, 15) is 0 Å². The fourth-order valence-corrected chi connectivity index (χ4v) is 2.81. The average molecular weight is 258 g/mol. The summed E-state index contributed by atoms with van der Waals surface area (Å²) in [5, 5.41) is 3.40. The van der Waals surface area contributed by atoms with Crippen molar-refractivity contribution < 1.29 is 4.74 Å². The molecule has 0 saturated carbocycles. The first-order valence-electron chi connectivity index (χ1n) is 7.19. The smallest absolute Gasteiger partial charge is 0.0910 e. The molecule has 0 spiro atoms. The minimum absolute atomic E-state index is 0.313. The molecule has 2 aliphatic rings. The van der Waals surface area contributed by atoms with Crippen LogP contribution in [0.25, 0.3) is 0 Å². The fourth-order valence-electron chi connectivity index (χ4n) is 2.81. The summed E-state index contributed by atoms with van der Waals surface area (Å²) in [6, 6.07) is 10.7. The zero-order valence-corrected chi connectivity index (χ0v) is 11.3. The van der Waals surface area contributed by atoms with Gasteiger partial charge in [0, 0.05) is 32.7 Å². The first-order chi connectivity index (χ1) is 9.42. The summed E-state index contributed by atoms with van der Waals surface area (Å²) in [4.78, 5) is 2.50. The number of rotatable bonds is 3. The van der Waals surface area contributed by atoms with Gasteiger partial charge in [0.15, 0.2) is 0 Å². The van der Waals surface area contributed by atoms with E-state index in [1.807, 2.05) is 0 Å². The maximum atomic E-state index is 5.82. The third-order valence-electron chi connectivity index (χ3n) is 3.92. The molecular formula is C16H22N2O. The van der Waals surface area contributed by atoms with Crippen LogP contribution in [0.1, 0.15) is 12.0 Å². The summed E-state index contributed by atoms with van der Waals surface area (Å²) >= 11 is 0. The van der Waals surface area contributed by atoms with Gasteiger partial charge in [-0.3, -0.25) is 4.90 Å². The van der Waals surface area contributed by atoms with Crippen LogP contribution in [0.3, 0.4) is 0 Å². The van der Waals surface area contributed by atoms with Crippen LogP contribution in [-0.4, -0.2) is 43.8 Å². The quantitative estimate of drug-likeness (QED) is 0.837. The van der Waals surface area contributed by atoms with E-state index in [0.717, 1.165) is 45.8 Å². The van der Waals surface area contributed by atoms with Crippen molar-refractivity contribution in [2.45, 2.75) is 19.1 Å². The highest BCUT2D eigenvalue weighted by atomic mass is 16.5. The Labute approximate surface area is 115 Å². The molecule has 1 atom stereocenters. The molecule has 1 fully saturated rings. The Hall–Kier alpha value is -1.16. The largest absolute Gasteiger partial charge is 0.371 e. The second-order valence-corrected chi connectivity index (χ2v) is 5.31. The van der Waals surface area contributed by atoms with E-state index in [1.165, 1.54) is 11.1 Å². The monoisotopic (exact) mass is 258 g/mol. The Morgan fingerprint density at radius 2 is 2.16 bits per heavy atom. The van der Waals surface area contributed by atoms with Crippen LogP contribution >= 0.6 is 0 Å². The second kappa shape index (κ2) is 6.33. The van der Waals surface area contributed by atoms with E-state index < -0.39 is 0 Å². The third-order valence-corrected chi connectivity index (χ3v) is 3.92. The lowest BCUT2D eigenvalue weighted by Crippen LogP contribution is -2.41. The number of hydrogen-bond donors (Lipinski definition) is 1. The summed E-state index contributed by atoms with van der Waals surface area (Å²) in [6.45, 7) is 6.04. The van der Waals surface area contributed by atoms with Crippen LogP contribution in [0, 0.1) is 0 Å². The molecule has 0 amide bonds. The molecule has 0 bridgehead atoms. The van der Waals surface area contributed by atoms with Gasteiger partial charge in [0.2, 0.25) is 0 Å². The lowest BCUT2D eigenvalue weighted by molar-refractivity contribution is 0.0470. The van der Waals surface area contributed by atoms with Gasteiger partial charge in [0.05, 0.1) is 12.7 Å². The van der Waals surface area contributed by atoms with Gasteiger partial charge in [-0.15, -0.1) is 0 Å². The van der Waals surface area contributed by atoms with Crippen molar-refractivity contribution in [3.05, 3.63) is 47.5 Å². The topological polar surface area (TPSA) is 24.5 Å². The molecular weight excluding hydrogens is 236 g/mol. The first-order valence-corrected chi connectivity index (χ1v) is 7.19. The van der Waals surface area contributed by atoms with Crippen LogP contribution in [-0.2, 0) is 11.3 Å². The molecule has 1 saturated heterocycles. The summed E-state index contributed by atoms with van der Waals surface area (Å²) in [6.07, 6.45) is 3.82. The predicted octanol–water partition coefficient (Wildman–Crippen LogP) is 1.81. The normalized spacial score (nSPS) is 25.1. The molecule has 2 aliphatic heterocycles. The molecule has 1 aromatic carbocycles. The van der Waals surface area contributed by atoms with Crippen LogP contribution in [0.15, 0.2) is 42.0 Å². The average Bonchev–Trinajstić information content (AvgIpc) is 2.50. The van der Waals surface area contributed by atoms with Crippen molar-refractivity contribution in [1.82, 2.24) is 10.2 Å². The van der Waals surface area contributed by atoms with Crippen LogP contribution in [0.4, 0.5) is 0 Å². The van der Waals surface area contributed by atoms with Crippen molar-refractivity contribution >= 4 is 0 Å². The van der Waals surface area contributed by atoms with E-state index in [2.05, 4.69) is 46.6 Å². The van der Waals surface area contributed by atoms with Gasteiger partial charge in [-0.25, -0.2) is 0 Å². The fraction of sp³-hybridized carbons (Fsp3) is 0.500. The van der Waals surface area contributed by atoms with Crippen molar-refractivity contribution in [3.8, 4) is 0 Å². The Balaban J connectivity index is 1.54. The SMILES string of the molecule is C1=C([C@@H]2CNCCO2)CCN(Cc2ccccc2)C1. The van der Waals surface area contributed by atoms with Gasteiger partial charge < -0.3 is 10.1 Å². The zero-order chi connectivity index (χ0) is 12.9. The summed E-state index contributed by atoms with van der Waals surface area (Å²) in [7, 11) is 0. The first kappa shape index (κ1) is 12.9. The molecule has 0 unspecified atom stereocenters. The molecule has 3 nitrogen and oxygen atoms in total. The Bertz CT molecular complexity index is 424. The van der Waals surface area contributed by atoms with Crippen molar-refractivity contribution in [2.24, 2.45) is 0 Å². The van der Waals surface area contributed by atoms with Crippen molar-refractivity contribution in [2.75, 3.05) is 32.8 Å². The lowest BCUT2D eigenvalue weighted by atomic mass is 10.0. The molecule has 3 heteroatoms. The van der Waals surface area contributed by atoms with E-state index in [4.69, 9.17) is 4.74 Å². The third kappa shape index (κ3) is 3.44. The molecule has 0 aliphatic carbocycles. The zero-order valence-electron chi connectivity index (χ0n) is 11.3. The van der Waals surface area contributed by atoms with E-state index in [1.54, 1.807) is 0 Å². The van der Waals surface area contributed by atoms with Gasteiger partial charge in [-0.1, -0.05) is 36.4 Å². The summed E-state index contributed by atoms with van der Waals surface area (Å²) in [5.41, 5.74) is 2.88. The highest BCUT2D eigenvalue weighted by Crippen LogP contribution is 2.19. The molecule has 2 heterocycles. The predicted molar refractivity (Wildman–Crippen MR) is 77.0 cm³/mol. The van der Waals surface area contributed by atoms with E-state index in [-0.39, 0.29) is 0 Å². The number of nitrogens with one attached hydrogen (secondary N) is 1. The van der Waals surface area contributed by atoms with Crippen LogP contribution in [0.2, 0.25) is 0 Å². The minimum atomic E-state index is 0.313. The molecule has 102 valence electrons. The molecule has 1 N–H and O–H groups in total. The number of morpholine rings is 1. The van der Waals surface area contributed by atoms with E-state index in [0.29, 0.717) is 6.10 Å². The summed E-state index contributed by atoms with van der Waals surface area (Å²) in [5.74, 6) is 0. The molecule has 1 aromatic rings. The second-order valence-electron chi connectivity index (χ2n) is 5.31. The maximum Gasteiger partial charge on any atom is 0.0910 e. The molecule has 19 heavy (non-hydrogen) atoms. The van der Waals surface area contributed by atoms with E-state index >= 15 is 0 Å². The van der Waals surface area contributed by atoms with Gasteiger partial charge in [-0.05, 0) is 17.6 Å². The molecule has 3 rings (SSSR count). The number of ether oxygens (including phenoxy) is 1. The summed E-state index contributed by atoms with van der Waals surface area (Å²) < 4.78 is 5.82. The van der Waals surface area contributed by atoms with Gasteiger partial charge >= 0.3 is 0 Å². The van der Waals surface area contributed by atoms with Gasteiger partial charge in [0.25, 0.3) is 0 Å². The molecule has 0 aromatic heterocycles. The maximum absolute atomic E-state index is 5.82.